The molecule has 5 heteroatoms. The Morgan fingerprint density at radius 2 is 2.22 bits per heavy atom. The molecule has 0 bridgehead atoms. The van der Waals surface area contributed by atoms with Gasteiger partial charge in [-0.3, -0.25) is 4.79 Å². The van der Waals surface area contributed by atoms with E-state index in [9.17, 15) is 4.79 Å². The van der Waals surface area contributed by atoms with Crippen molar-refractivity contribution < 1.29 is 4.79 Å². The van der Waals surface area contributed by atoms with Gasteiger partial charge in [0.05, 0.1) is 10.6 Å². The molecule has 1 aromatic carbocycles. The number of aryl methyl sites for hydroxylation is 1. The molecule has 1 aliphatic heterocycles. The molecular formula is C13H18Cl2N2O. The quantitative estimate of drug-likeness (QED) is 0.864. The maximum atomic E-state index is 12.3. The normalized spacial score (nSPS) is 19.3. The Labute approximate surface area is 119 Å². The lowest BCUT2D eigenvalue weighted by atomic mass is 10.0. The predicted octanol–water partition coefficient (Wildman–Crippen LogP) is 2.63. The highest BCUT2D eigenvalue weighted by atomic mass is 35.5. The van der Waals surface area contributed by atoms with Crippen LogP contribution < -0.4 is 5.73 Å². The van der Waals surface area contributed by atoms with E-state index in [4.69, 9.17) is 17.3 Å². The molecule has 1 saturated heterocycles. The largest absolute Gasteiger partial charge is 0.337 e. The second kappa shape index (κ2) is 6.41. The van der Waals surface area contributed by atoms with Gasteiger partial charge in [-0.25, -0.2) is 0 Å². The van der Waals surface area contributed by atoms with Crippen molar-refractivity contribution in [3.8, 4) is 0 Å². The summed E-state index contributed by atoms with van der Waals surface area (Å²) in [4.78, 5) is 14.1. The van der Waals surface area contributed by atoms with Gasteiger partial charge in [0, 0.05) is 19.1 Å². The summed E-state index contributed by atoms with van der Waals surface area (Å²) in [6.07, 6.45) is 1.96. The number of nitrogens with zero attached hydrogens (tertiary/aromatic N) is 1. The summed E-state index contributed by atoms with van der Waals surface area (Å²) in [6.45, 7) is 3.31. The highest BCUT2D eigenvalue weighted by molar-refractivity contribution is 6.34. The number of amides is 1. The van der Waals surface area contributed by atoms with Crippen LogP contribution in [0.1, 0.15) is 28.8 Å². The van der Waals surface area contributed by atoms with Crippen molar-refractivity contribution in [2.24, 2.45) is 5.73 Å². The van der Waals surface area contributed by atoms with Gasteiger partial charge in [-0.05, 0) is 31.4 Å². The first-order valence-electron chi connectivity index (χ1n) is 5.89. The first-order valence-corrected chi connectivity index (χ1v) is 6.27. The van der Waals surface area contributed by atoms with Crippen molar-refractivity contribution in [2.75, 3.05) is 13.1 Å². The lowest BCUT2D eigenvalue weighted by Gasteiger charge is -2.31. The molecule has 1 heterocycles. The van der Waals surface area contributed by atoms with Crippen LogP contribution in [0.25, 0.3) is 0 Å². The van der Waals surface area contributed by atoms with Crippen LogP contribution in [0.3, 0.4) is 0 Å². The van der Waals surface area contributed by atoms with E-state index < -0.39 is 0 Å². The SMILES string of the molecule is Cc1cccc(C(=O)N2CCCC(N)C2)c1Cl.Cl. The number of halogens is 2. The van der Waals surface area contributed by atoms with Gasteiger partial charge >= 0.3 is 0 Å². The second-order valence-electron chi connectivity index (χ2n) is 4.59. The number of carbonyl (C=O) groups excluding carboxylic acids is 1. The third-order valence-electron chi connectivity index (χ3n) is 3.17. The van der Waals surface area contributed by atoms with E-state index in [1.807, 2.05) is 19.1 Å². The molecule has 2 N–H and O–H groups in total. The Morgan fingerprint density at radius 3 is 2.89 bits per heavy atom. The van der Waals surface area contributed by atoms with E-state index >= 15 is 0 Å². The molecule has 100 valence electrons. The second-order valence-corrected chi connectivity index (χ2v) is 4.97. The van der Waals surface area contributed by atoms with Crippen molar-refractivity contribution >= 4 is 29.9 Å². The summed E-state index contributed by atoms with van der Waals surface area (Å²) in [7, 11) is 0. The summed E-state index contributed by atoms with van der Waals surface area (Å²) in [5.41, 5.74) is 7.40. The Bertz CT molecular complexity index is 437. The third-order valence-corrected chi connectivity index (χ3v) is 3.67. The molecule has 1 aromatic rings. The Hall–Kier alpha value is -0.770. The highest BCUT2D eigenvalue weighted by Gasteiger charge is 2.23. The first-order chi connectivity index (χ1) is 8.09. The highest BCUT2D eigenvalue weighted by Crippen LogP contribution is 2.23. The van der Waals surface area contributed by atoms with E-state index in [-0.39, 0.29) is 24.4 Å². The summed E-state index contributed by atoms with van der Waals surface area (Å²) in [5, 5.41) is 0.552. The first kappa shape index (κ1) is 15.3. The van der Waals surface area contributed by atoms with Crippen molar-refractivity contribution in [3.05, 3.63) is 34.3 Å². The van der Waals surface area contributed by atoms with E-state index in [1.165, 1.54) is 0 Å². The van der Waals surface area contributed by atoms with Crippen LogP contribution in [-0.4, -0.2) is 29.9 Å². The third kappa shape index (κ3) is 3.16. The Morgan fingerprint density at radius 1 is 1.50 bits per heavy atom. The number of likely N-dealkylation sites (tertiary alicyclic amines) is 1. The molecular weight excluding hydrogens is 271 g/mol. The maximum Gasteiger partial charge on any atom is 0.255 e. The topological polar surface area (TPSA) is 46.3 Å². The van der Waals surface area contributed by atoms with Crippen molar-refractivity contribution in [1.82, 2.24) is 4.90 Å². The molecule has 2 rings (SSSR count). The number of rotatable bonds is 1. The zero-order chi connectivity index (χ0) is 12.4. The number of hydrogen-bond donors (Lipinski definition) is 1. The number of carbonyl (C=O) groups is 1. The smallest absolute Gasteiger partial charge is 0.255 e. The Kier molecular flexibility index (Phi) is 5.45. The number of piperidine rings is 1. The molecule has 1 unspecified atom stereocenters. The van der Waals surface area contributed by atoms with Crippen molar-refractivity contribution in [3.63, 3.8) is 0 Å². The maximum absolute atomic E-state index is 12.3. The van der Waals surface area contributed by atoms with Gasteiger partial charge in [-0.15, -0.1) is 12.4 Å². The fraction of sp³-hybridized carbons (Fsp3) is 0.462. The molecule has 0 radical (unpaired) electrons. The van der Waals surface area contributed by atoms with Crippen LogP contribution >= 0.6 is 24.0 Å². The fourth-order valence-electron chi connectivity index (χ4n) is 2.18. The van der Waals surface area contributed by atoms with Crippen molar-refractivity contribution in [1.29, 1.82) is 0 Å². The minimum atomic E-state index is -0.00569. The average Bonchev–Trinajstić information content (AvgIpc) is 2.32. The minimum absolute atomic E-state index is 0. The molecule has 1 fully saturated rings. The van der Waals surface area contributed by atoms with Gasteiger partial charge in [-0.1, -0.05) is 23.7 Å². The zero-order valence-corrected chi connectivity index (χ0v) is 11.9. The van der Waals surface area contributed by atoms with Gasteiger partial charge in [0.25, 0.3) is 5.91 Å². The van der Waals surface area contributed by atoms with Crippen LogP contribution in [0.4, 0.5) is 0 Å². The zero-order valence-electron chi connectivity index (χ0n) is 10.4. The number of benzene rings is 1. The van der Waals surface area contributed by atoms with Gasteiger partial charge in [0.2, 0.25) is 0 Å². The summed E-state index contributed by atoms with van der Waals surface area (Å²) >= 11 is 6.16. The van der Waals surface area contributed by atoms with Crippen LogP contribution in [0.5, 0.6) is 0 Å². The fourth-order valence-corrected chi connectivity index (χ4v) is 2.38. The van der Waals surface area contributed by atoms with Gasteiger partial charge < -0.3 is 10.6 Å². The summed E-state index contributed by atoms with van der Waals surface area (Å²) in [6, 6.07) is 5.63. The van der Waals surface area contributed by atoms with E-state index in [0.29, 0.717) is 17.1 Å². The summed E-state index contributed by atoms with van der Waals surface area (Å²) < 4.78 is 0. The minimum Gasteiger partial charge on any atom is -0.337 e. The standard InChI is InChI=1S/C13H17ClN2O.ClH/c1-9-4-2-6-11(12(9)14)13(17)16-7-3-5-10(15)8-16;/h2,4,6,10H,3,5,7-8,15H2,1H3;1H. The van der Waals surface area contributed by atoms with Crippen LogP contribution in [0.2, 0.25) is 5.02 Å². The summed E-state index contributed by atoms with van der Waals surface area (Å²) in [5.74, 6) is -0.00569. The van der Waals surface area contributed by atoms with E-state index in [1.54, 1.807) is 11.0 Å². The molecule has 0 spiro atoms. The molecule has 0 saturated carbocycles. The van der Waals surface area contributed by atoms with E-state index in [0.717, 1.165) is 24.9 Å². The molecule has 18 heavy (non-hydrogen) atoms. The monoisotopic (exact) mass is 288 g/mol. The lowest BCUT2D eigenvalue weighted by molar-refractivity contribution is 0.0709. The van der Waals surface area contributed by atoms with Crippen LogP contribution in [0, 0.1) is 6.92 Å². The predicted molar refractivity (Wildman–Crippen MR) is 76.5 cm³/mol. The molecule has 1 atom stereocenters. The number of hydrogen-bond acceptors (Lipinski definition) is 2. The molecule has 0 aliphatic carbocycles. The molecule has 3 nitrogen and oxygen atoms in total. The van der Waals surface area contributed by atoms with Crippen LogP contribution in [-0.2, 0) is 0 Å². The Balaban J connectivity index is 0.00000162. The lowest BCUT2D eigenvalue weighted by Crippen LogP contribution is -2.45. The van der Waals surface area contributed by atoms with Gasteiger partial charge in [0.15, 0.2) is 0 Å². The van der Waals surface area contributed by atoms with Gasteiger partial charge in [0.1, 0.15) is 0 Å². The number of nitrogens with two attached hydrogens (primary N) is 1. The van der Waals surface area contributed by atoms with E-state index in [2.05, 4.69) is 0 Å². The molecule has 1 amide bonds. The van der Waals surface area contributed by atoms with Crippen molar-refractivity contribution in [2.45, 2.75) is 25.8 Å². The van der Waals surface area contributed by atoms with Crippen LogP contribution in [0.15, 0.2) is 18.2 Å². The molecule has 1 aliphatic rings. The molecule has 0 aromatic heterocycles. The van der Waals surface area contributed by atoms with Gasteiger partial charge in [-0.2, -0.15) is 0 Å². The average molecular weight is 289 g/mol.